The largest absolute Gasteiger partial charge is 0.351 e. The minimum Gasteiger partial charge on any atom is -0.351 e. The van der Waals surface area contributed by atoms with Gasteiger partial charge in [0.15, 0.2) is 10.2 Å². The molecule has 0 aliphatic carbocycles. The summed E-state index contributed by atoms with van der Waals surface area (Å²) in [5.41, 5.74) is 5.53. The summed E-state index contributed by atoms with van der Waals surface area (Å²) in [5.74, 6) is 0. The van der Waals surface area contributed by atoms with Crippen molar-refractivity contribution in [2.75, 3.05) is 4.90 Å². The Morgan fingerprint density at radius 2 is 1.87 bits per heavy atom. The molecule has 0 unspecified atom stereocenters. The maximum Gasteiger partial charge on any atom is 0.193 e. The van der Waals surface area contributed by atoms with Crippen LogP contribution in [0.25, 0.3) is 5.13 Å². The number of nitrogens with zero attached hydrogens (tertiary/aromatic N) is 4. The van der Waals surface area contributed by atoms with Crippen molar-refractivity contribution in [3.63, 3.8) is 0 Å². The minimum atomic E-state index is -0.0670. The fourth-order valence-electron chi connectivity index (χ4n) is 4.26. The second-order valence-electron chi connectivity index (χ2n) is 7.45. The van der Waals surface area contributed by atoms with Crippen LogP contribution in [0.5, 0.6) is 0 Å². The number of thiazole rings is 1. The first-order valence-electron chi connectivity index (χ1n) is 9.89. The van der Waals surface area contributed by atoms with Crippen molar-refractivity contribution in [3.8, 4) is 5.13 Å². The van der Waals surface area contributed by atoms with Crippen LogP contribution in [-0.4, -0.2) is 19.6 Å². The minimum absolute atomic E-state index is 0.0384. The molecule has 1 fully saturated rings. The number of hydrogen-bond acceptors (Lipinski definition) is 4. The highest BCUT2D eigenvalue weighted by atomic mass is 79.9. The van der Waals surface area contributed by atoms with Gasteiger partial charge < -0.3 is 10.2 Å². The first kappa shape index (κ1) is 20.4. The molecule has 3 aromatic heterocycles. The van der Waals surface area contributed by atoms with E-state index in [4.69, 9.17) is 12.2 Å². The van der Waals surface area contributed by atoms with E-state index in [1.807, 2.05) is 42.0 Å². The summed E-state index contributed by atoms with van der Waals surface area (Å²) in [6.07, 6.45) is 3.67. The van der Waals surface area contributed by atoms with Crippen LogP contribution in [0.4, 0.5) is 5.69 Å². The quantitative estimate of drug-likeness (QED) is 0.347. The normalized spacial score (nSPS) is 18.4. The highest BCUT2D eigenvalue weighted by Crippen LogP contribution is 2.43. The SMILES string of the molecule is Cc1cc([C@@H]2[C@H](c3ccccn3)NC(=S)N2c2ccc(Br)cc2)c(C)n1-c1nccs1. The molecule has 0 saturated carbocycles. The van der Waals surface area contributed by atoms with Gasteiger partial charge in [0.25, 0.3) is 0 Å². The molecule has 1 N–H and O–H groups in total. The molecule has 2 atom stereocenters. The zero-order chi connectivity index (χ0) is 21.5. The molecule has 156 valence electrons. The predicted octanol–water partition coefficient (Wildman–Crippen LogP) is 5.89. The Labute approximate surface area is 198 Å². The second-order valence-corrected chi connectivity index (χ2v) is 9.62. The van der Waals surface area contributed by atoms with Gasteiger partial charge in [0, 0.05) is 39.3 Å². The van der Waals surface area contributed by atoms with E-state index in [-0.39, 0.29) is 12.1 Å². The van der Waals surface area contributed by atoms with Crippen molar-refractivity contribution >= 4 is 50.3 Å². The van der Waals surface area contributed by atoms with Crippen LogP contribution in [0, 0.1) is 13.8 Å². The molecule has 31 heavy (non-hydrogen) atoms. The van der Waals surface area contributed by atoms with Gasteiger partial charge in [0.2, 0.25) is 0 Å². The number of aryl methyl sites for hydroxylation is 1. The van der Waals surface area contributed by atoms with E-state index in [1.54, 1.807) is 11.3 Å². The van der Waals surface area contributed by atoms with Crippen LogP contribution in [0.15, 0.2) is 70.8 Å². The van der Waals surface area contributed by atoms with Gasteiger partial charge in [0.05, 0.1) is 17.8 Å². The maximum absolute atomic E-state index is 5.83. The van der Waals surface area contributed by atoms with E-state index in [9.17, 15) is 0 Å². The van der Waals surface area contributed by atoms with Gasteiger partial charge in [-0.1, -0.05) is 22.0 Å². The Balaban J connectivity index is 1.68. The molecule has 8 heteroatoms. The first-order valence-corrected chi connectivity index (χ1v) is 12.0. The summed E-state index contributed by atoms with van der Waals surface area (Å²) in [6, 6.07) is 16.4. The fraction of sp³-hybridized carbons (Fsp3) is 0.174. The van der Waals surface area contributed by atoms with Gasteiger partial charge >= 0.3 is 0 Å². The van der Waals surface area contributed by atoms with Crippen LogP contribution in [0.3, 0.4) is 0 Å². The van der Waals surface area contributed by atoms with E-state index >= 15 is 0 Å². The lowest BCUT2D eigenvalue weighted by Crippen LogP contribution is -2.29. The van der Waals surface area contributed by atoms with E-state index in [1.165, 1.54) is 5.56 Å². The van der Waals surface area contributed by atoms with Crippen molar-refractivity contribution in [1.82, 2.24) is 19.9 Å². The Morgan fingerprint density at radius 1 is 1.06 bits per heavy atom. The van der Waals surface area contributed by atoms with Crippen LogP contribution in [-0.2, 0) is 0 Å². The average molecular weight is 510 g/mol. The molecule has 0 amide bonds. The highest BCUT2D eigenvalue weighted by Gasteiger charge is 2.42. The molecule has 0 spiro atoms. The summed E-state index contributed by atoms with van der Waals surface area (Å²) in [5, 5.41) is 7.21. The van der Waals surface area contributed by atoms with Crippen molar-refractivity contribution in [3.05, 3.63) is 93.4 Å². The van der Waals surface area contributed by atoms with Gasteiger partial charge in [-0.25, -0.2) is 4.98 Å². The smallest absolute Gasteiger partial charge is 0.193 e. The van der Waals surface area contributed by atoms with Crippen LogP contribution < -0.4 is 10.2 Å². The monoisotopic (exact) mass is 509 g/mol. The number of benzene rings is 1. The molecule has 5 rings (SSSR count). The molecular weight excluding hydrogens is 490 g/mol. The molecule has 1 aliphatic rings. The topological polar surface area (TPSA) is 46.0 Å². The third kappa shape index (κ3) is 3.58. The van der Waals surface area contributed by atoms with E-state index in [2.05, 4.69) is 78.8 Å². The summed E-state index contributed by atoms with van der Waals surface area (Å²) in [7, 11) is 0. The summed E-state index contributed by atoms with van der Waals surface area (Å²) in [6.45, 7) is 4.28. The van der Waals surface area contributed by atoms with Gasteiger partial charge in [-0.15, -0.1) is 11.3 Å². The number of aromatic nitrogens is 3. The van der Waals surface area contributed by atoms with E-state index < -0.39 is 0 Å². The molecule has 5 nitrogen and oxygen atoms in total. The summed E-state index contributed by atoms with van der Waals surface area (Å²) in [4.78, 5) is 11.4. The number of pyridine rings is 1. The van der Waals surface area contributed by atoms with E-state index in [0.29, 0.717) is 5.11 Å². The van der Waals surface area contributed by atoms with Crippen LogP contribution in [0.2, 0.25) is 0 Å². The van der Waals surface area contributed by atoms with Crippen molar-refractivity contribution < 1.29 is 0 Å². The zero-order valence-corrected chi connectivity index (χ0v) is 20.2. The molecule has 4 heterocycles. The van der Waals surface area contributed by atoms with Crippen molar-refractivity contribution in [1.29, 1.82) is 0 Å². The maximum atomic E-state index is 5.83. The molecular formula is C23H20BrN5S2. The predicted molar refractivity (Wildman–Crippen MR) is 133 cm³/mol. The standard InChI is InChI=1S/C23H20BrN5S2/c1-14-13-18(15(2)28(14)23-26-11-12-31-23)21-20(19-5-3-4-10-25-19)27-22(30)29(21)17-8-6-16(24)7-9-17/h3-13,20-21H,1-2H3,(H,27,30)/t20-,21+/m0/s1. The molecule has 1 aromatic carbocycles. The number of nitrogens with one attached hydrogen (secondary N) is 1. The number of rotatable bonds is 4. The zero-order valence-electron chi connectivity index (χ0n) is 17.0. The Hall–Kier alpha value is -2.55. The number of halogens is 1. The lowest BCUT2D eigenvalue weighted by atomic mass is 9.96. The molecule has 1 saturated heterocycles. The summed E-state index contributed by atoms with van der Waals surface area (Å²) < 4.78 is 3.26. The van der Waals surface area contributed by atoms with Crippen LogP contribution in [0.1, 0.15) is 34.7 Å². The van der Waals surface area contributed by atoms with E-state index in [0.717, 1.165) is 32.4 Å². The summed E-state index contributed by atoms with van der Waals surface area (Å²) >= 11 is 11.0. The second kappa shape index (κ2) is 8.18. The van der Waals surface area contributed by atoms with Gasteiger partial charge in [-0.05, 0) is 74.1 Å². The van der Waals surface area contributed by atoms with Gasteiger partial charge in [-0.3, -0.25) is 9.55 Å². The number of anilines is 1. The fourth-order valence-corrected chi connectivity index (χ4v) is 5.62. The number of hydrogen-bond donors (Lipinski definition) is 1. The average Bonchev–Trinajstić information content (AvgIpc) is 3.47. The molecule has 1 aliphatic heterocycles. The van der Waals surface area contributed by atoms with Gasteiger partial charge in [-0.2, -0.15) is 0 Å². The Bertz CT molecular complexity index is 1220. The van der Waals surface area contributed by atoms with Crippen molar-refractivity contribution in [2.45, 2.75) is 25.9 Å². The van der Waals surface area contributed by atoms with Crippen LogP contribution >= 0.6 is 39.5 Å². The lowest BCUT2D eigenvalue weighted by molar-refractivity contribution is 0.565. The Morgan fingerprint density at radius 3 is 2.55 bits per heavy atom. The molecule has 4 aromatic rings. The first-order chi connectivity index (χ1) is 15.0. The highest BCUT2D eigenvalue weighted by molar-refractivity contribution is 9.10. The number of thiocarbonyl (C=S) groups is 1. The van der Waals surface area contributed by atoms with Crippen molar-refractivity contribution in [2.24, 2.45) is 0 Å². The molecule has 0 bridgehead atoms. The molecule has 0 radical (unpaired) electrons. The lowest BCUT2D eigenvalue weighted by Gasteiger charge is -2.28. The van der Waals surface area contributed by atoms with Gasteiger partial charge in [0.1, 0.15) is 0 Å². The third-order valence-electron chi connectivity index (χ3n) is 5.60. The third-order valence-corrected chi connectivity index (χ3v) is 7.20. The Kier molecular flexibility index (Phi) is 5.37.